The van der Waals surface area contributed by atoms with Crippen LogP contribution >= 0.6 is 0 Å². The maximum absolute atomic E-state index is 12.4. The first kappa shape index (κ1) is 14.5. The zero-order chi connectivity index (χ0) is 14.9. The van der Waals surface area contributed by atoms with Crippen LogP contribution in [0.25, 0.3) is 0 Å². The van der Waals surface area contributed by atoms with Crippen LogP contribution in [0.3, 0.4) is 0 Å². The summed E-state index contributed by atoms with van der Waals surface area (Å²) in [7, 11) is 3.44. The van der Waals surface area contributed by atoms with Gasteiger partial charge in [0.25, 0.3) is 5.91 Å². The van der Waals surface area contributed by atoms with Gasteiger partial charge in [-0.25, -0.2) is 9.79 Å². The number of urea groups is 1. The van der Waals surface area contributed by atoms with E-state index in [1.54, 1.807) is 32.3 Å². The highest BCUT2D eigenvalue weighted by Gasteiger charge is 2.48. The number of amides is 3. The largest absolute Gasteiger partial charge is 0.351 e. The number of likely N-dealkylation sites (N-methyl/N-ethyl adjacent to an activating group) is 2. The van der Waals surface area contributed by atoms with Gasteiger partial charge < -0.3 is 14.6 Å². The Balaban J connectivity index is 2.00. The van der Waals surface area contributed by atoms with E-state index in [0.717, 1.165) is 0 Å². The molecule has 3 amide bonds. The lowest BCUT2D eigenvalue weighted by atomic mass is 10.1. The molecule has 0 aliphatic carbocycles. The number of nitrogens with zero attached hydrogens (tertiary/aromatic N) is 4. The van der Waals surface area contributed by atoms with Gasteiger partial charge in [-0.15, -0.1) is 0 Å². The number of rotatable bonds is 5. The molecule has 0 aromatic heterocycles. The topological polar surface area (TPSA) is 73.3 Å². The molecule has 110 valence electrons. The molecule has 2 aliphatic heterocycles. The van der Waals surface area contributed by atoms with Crippen LogP contribution in [0.4, 0.5) is 4.79 Å². The number of hydrogen-bond donors (Lipinski definition) is 0. The molecule has 0 spiro atoms. The Morgan fingerprint density at radius 3 is 2.65 bits per heavy atom. The molecule has 0 unspecified atom stereocenters. The second-order valence-electron chi connectivity index (χ2n) is 5.33. The van der Waals surface area contributed by atoms with Gasteiger partial charge in [-0.2, -0.15) is 0 Å². The quantitative estimate of drug-likeness (QED) is 0.679. The van der Waals surface area contributed by atoms with Crippen molar-refractivity contribution < 1.29 is 14.4 Å². The van der Waals surface area contributed by atoms with E-state index in [9.17, 15) is 14.4 Å². The summed E-state index contributed by atoms with van der Waals surface area (Å²) in [4.78, 5) is 44.2. The smallest absolute Gasteiger partial charge is 0.328 e. The van der Waals surface area contributed by atoms with Crippen molar-refractivity contribution >= 4 is 24.1 Å². The molecule has 0 radical (unpaired) electrons. The molecule has 0 aromatic rings. The van der Waals surface area contributed by atoms with E-state index in [4.69, 9.17) is 0 Å². The van der Waals surface area contributed by atoms with E-state index >= 15 is 0 Å². The highest BCUT2D eigenvalue weighted by molar-refractivity contribution is 6.01. The Morgan fingerprint density at radius 1 is 1.30 bits per heavy atom. The number of fused-ring (bicyclic) bond motifs is 1. The van der Waals surface area contributed by atoms with Gasteiger partial charge in [-0.1, -0.05) is 0 Å². The average Bonchev–Trinajstić information content (AvgIpc) is 2.77. The van der Waals surface area contributed by atoms with Gasteiger partial charge in [-0.3, -0.25) is 9.69 Å². The summed E-state index contributed by atoms with van der Waals surface area (Å²) in [6.07, 6.45) is 2.99. The monoisotopic (exact) mass is 280 g/mol. The fourth-order valence-electron chi connectivity index (χ4n) is 2.56. The minimum absolute atomic E-state index is 0.127. The number of ketones is 1. The second-order valence-corrected chi connectivity index (χ2v) is 5.33. The maximum atomic E-state index is 12.4. The summed E-state index contributed by atoms with van der Waals surface area (Å²) in [5.41, 5.74) is 0. The van der Waals surface area contributed by atoms with Crippen molar-refractivity contribution in [2.45, 2.75) is 38.4 Å². The second kappa shape index (κ2) is 5.60. The van der Waals surface area contributed by atoms with Crippen LogP contribution in [-0.4, -0.2) is 71.6 Å². The van der Waals surface area contributed by atoms with E-state index in [0.29, 0.717) is 25.8 Å². The lowest BCUT2D eigenvalue weighted by Gasteiger charge is -2.40. The summed E-state index contributed by atoms with van der Waals surface area (Å²) >= 11 is 0. The minimum atomic E-state index is -0.425. The van der Waals surface area contributed by atoms with E-state index < -0.39 is 12.2 Å². The van der Waals surface area contributed by atoms with Gasteiger partial charge in [0.05, 0.1) is 6.34 Å². The molecule has 0 N–H and O–H groups in total. The van der Waals surface area contributed by atoms with Gasteiger partial charge in [0.2, 0.25) is 0 Å². The van der Waals surface area contributed by atoms with Gasteiger partial charge >= 0.3 is 6.03 Å². The number of imide groups is 1. The number of carbonyl (C=O) groups is 3. The Morgan fingerprint density at radius 2 is 2.00 bits per heavy atom. The SMILES string of the molecule is CC(=O)CCCCN1C(=O)[C@@H]2[C@H](N=CN2C)N(C)C1=O. The van der Waals surface area contributed by atoms with E-state index in [-0.39, 0.29) is 17.7 Å². The van der Waals surface area contributed by atoms with Crippen molar-refractivity contribution in [1.29, 1.82) is 0 Å². The molecule has 1 fully saturated rings. The van der Waals surface area contributed by atoms with Crippen molar-refractivity contribution in [3.63, 3.8) is 0 Å². The summed E-state index contributed by atoms with van der Waals surface area (Å²) in [5.74, 6) is -0.0802. The standard InChI is InChI=1S/C13H20N4O3/c1-9(18)6-4-5-7-17-12(19)10-11(14-8-15(10)2)16(3)13(17)20/h8,10-11H,4-7H2,1-3H3/t10-,11+/m0/s1. The Hall–Kier alpha value is -1.92. The molecule has 20 heavy (non-hydrogen) atoms. The van der Waals surface area contributed by atoms with Crippen LogP contribution in [0.5, 0.6) is 0 Å². The summed E-state index contributed by atoms with van der Waals surface area (Å²) in [6.45, 7) is 1.90. The Labute approximate surface area is 118 Å². The number of unbranched alkanes of at least 4 members (excludes halogenated alkanes) is 1. The number of hydrogen-bond acceptors (Lipinski definition) is 5. The number of aliphatic imine (C=N–C) groups is 1. The fourth-order valence-corrected chi connectivity index (χ4v) is 2.56. The third-order valence-corrected chi connectivity index (χ3v) is 3.73. The molecule has 0 bridgehead atoms. The minimum Gasteiger partial charge on any atom is -0.351 e. The predicted molar refractivity (Wildman–Crippen MR) is 73.2 cm³/mol. The highest BCUT2D eigenvalue weighted by Crippen LogP contribution is 2.24. The molecule has 2 atom stereocenters. The Kier molecular flexibility index (Phi) is 4.06. The van der Waals surface area contributed by atoms with Crippen molar-refractivity contribution in [1.82, 2.24) is 14.7 Å². The molecule has 0 aromatic carbocycles. The van der Waals surface area contributed by atoms with Gasteiger partial charge in [-0.05, 0) is 19.8 Å². The fraction of sp³-hybridized carbons (Fsp3) is 0.692. The van der Waals surface area contributed by atoms with E-state index in [2.05, 4.69) is 4.99 Å². The van der Waals surface area contributed by atoms with Crippen molar-refractivity contribution in [3.8, 4) is 0 Å². The molecule has 0 saturated carbocycles. The zero-order valence-electron chi connectivity index (χ0n) is 12.1. The van der Waals surface area contributed by atoms with Crippen LogP contribution in [0.1, 0.15) is 26.2 Å². The van der Waals surface area contributed by atoms with E-state index in [1.807, 2.05) is 0 Å². The van der Waals surface area contributed by atoms with Crippen LogP contribution in [0, 0.1) is 0 Å². The third-order valence-electron chi connectivity index (χ3n) is 3.73. The first-order chi connectivity index (χ1) is 9.43. The molecule has 2 rings (SSSR count). The molecular formula is C13H20N4O3. The summed E-state index contributed by atoms with van der Waals surface area (Å²) < 4.78 is 0. The number of Topliss-reactive ketones (excluding diaryl/α,β-unsaturated/α-hetero) is 1. The average molecular weight is 280 g/mol. The van der Waals surface area contributed by atoms with Crippen molar-refractivity contribution in [3.05, 3.63) is 0 Å². The Bertz CT molecular complexity index is 463. The maximum Gasteiger partial charge on any atom is 0.328 e. The first-order valence-corrected chi connectivity index (χ1v) is 6.76. The van der Waals surface area contributed by atoms with E-state index in [1.165, 1.54) is 9.80 Å². The van der Waals surface area contributed by atoms with Crippen LogP contribution in [0.15, 0.2) is 4.99 Å². The highest BCUT2D eigenvalue weighted by atomic mass is 16.2. The van der Waals surface area contributed by atoms with Crippen LogP contribution < -0.4 is 0 Å². The molecule has 7 nitrogen and oxygen atoms in total. The third kappa shape index (κ3) is 2.52. The van der Waals surface area contributed by atoms with Gasteiger partial charge in [0.1, 0.15) is 5.78 Å². The molecule has 1 saturated heterocycles. The molecule has 2 heterocycles. The number of carbonyl (C=O) groups excluding carboxylic acids is 3. The van der Waals surface area contributed by atoms with Crippen LogP contribution in [-0.2, 0) is 9.59 Å². The zero-order valence-corrected chi connectivity index (χ0v) is 12.1. The lowest BCUT2D eigenvalue weighted by Crippen LogP contribution is -2.64. The summed E-state index contributed by atoms with van der Waals surface area (Å²) in [5, 5.41) is 0. The molecular weight excluding hydrogens is 260 g/mol. The lowest BCUT2D eigenvalue weighted by molar-refractivity contribution is -0.137. The molecule has 2 aliphatic rings. The van der Waals surface area contributed by atoms with Gasteiger partial charge in [0.15, 0.2) is 12.2 Å². The molecule has 7 heteroatoms. The predicted octanol–water partition coefficient (Wildman–Crippen LogP) is 0.308. The first-order valence-electron chi connectivity index (χ1n) is 6.76. The van der Waals surface area contributed by atoms with Crippen molar-refractivity contribution in [2.24, 2.45) is 4.99 Å². The van der Waals surface area contributed by atoms with Gasteiger partial charge in [0, 0.05) is 27.1 Å². The van der Waals surface area contributed by atoms with Crippen molar-refractivity contribution in [2.75, 3.05) is 20.6 Å². The normalized spacial score (nSPS) is 25.4. The summed E-state index contributed by atoms with van der Waals surface area (Å²) in [6, 6.07) is -0.739. The van der Waals surface area contributed by atoms with Crippen LogP contribution in [0.2, 0.25) is 0 Å².